The maximum atomic E-state index is 13.3. The first kappa shape index (κ1) is 13.8. The Morgan fingerprint density at radius 2 is 1.82 bits per heavy atom. The van der Waals surface area contributed by atoms with Gasteiger partial charge in [-0.05, 0) is 67.9 Å². The fourth-order valence-electron chi connectivity index (χ4n) is 4.04. The van der Waals surface area contributed by atoms with Crippen LogP contribution in [-0.4, -0.2) is 38.0 Å². The smallest absolute Gasteiger partial charge is 0.166 e. The monoisotopic (exact) mass is 384 g/mol. The molecule has 0 radical (unpaired) electrons. The van der Waals surface area contributed by atoms with E-state index in [0.717, 1.165) is 0 Å². The minimum absolute atomic E-state index is 0.00806. The Kier molecular flexibility index (Phi) is 4.11. The molecular formula is C24H29NO3. The van der Waals surface area contributed by atoms with Crippen LogP contribution in [0.2, 0.25) is 0 Å². The van der Waals surface area contributed by atoms with Crippen molar-refractivity contribution < 1.29 is 21.1 Å². The van der Waals surface area contributed by atoms with Gasteiger partial charge in [-0.2, -0.15) is 0 Å². The molecule has 2 aromatic carbocycles. The molecule has 4 rings (SSSR count). The SMILES string of the molecule is [2H]c1c2c(c([2H])c(OC)c1OC)C(=O)C([2H])(CC1CCN(C([2H])([2H])c3ccccc3)CC1)C2. The molecule has 28 heavy (non-hydrogen) atoms. The zero-order valence-electron chi connectivity index (χ0n) is 21.4. The Labute approximate surface area is 174 Å². The van der Waals surface area contributed by atoms with Gasteiger partial charge in [-0.15, -0.1) is 0 Å². The van der Waals surface area contributed by atoms with Crippen molar-refractivity contribution in [3.63, 3.8) is 0 Å². The second-order valence-corrected chi connectivity index (χ2v) is 7.39. The van der Waals surface area contributed by atoms with Crippen LogP contribution < -0.4 is 9.47 Å². The van der Waals surface area contributed by atoms with E-state index in [9.17, 15) is 4.79 Å². The molecule has 1 heterocycles. The third-order valence-corrected chi connectivity index (χ3v) is 5.57. The highest BCUT2D eigenvalue weighted by molar-refractivity contribution is 6.02. The van der Waals surface area contributed by atoms with Crippen LogP contribution in [0.25, 0.3) is 0 Å². The summed E-state index contributed by atoms with van der Waals surface area (Å²) in [6.45, 7) is -0.491. The number of methoxy groups -OCH3 is 2. The highest BCUT2D eigenvalue weighted by Crippen LogP contribution is 2.39. The van der Waals surface area contributed by atoms with Crippen LogP contribution in [0.15, 0.2) is 42.4 Å². The minimum atomic E-state index is -1.57. The van der Waals surface area contributed by atoms with E-state index in [1.165, 1.54) is 14.2 Å². The summed E-state index contributed by atoms with van der Waals surface area (Å²) in [6, 6.07) is 9.00. The van der Waals surface area contributed by atoms with E-state index >= 15 is 0 Å². The zero-order chi connectivity index (χ0) is 24.0. The first-order chi connectivity index (χ1) is 15.6. The van der Waals surface area contributed by atoms with Crippen molar-refractivity contribution in [2.24, 2.45) is 11.8 Å². The highest BCUT2D eigenvalue weighted by atomic mass is 16.5. The molecule has 0 amide bonds. The molecule has 148 valence electrons. The lowest BCUT2D eigenvalue weighted by atomic mass is 9.85. The maximum absolute atomic E-state index is 13.3. The molecular weight excluding hydrogens is 350 g/mol. The van der Waals surface area contributed by atoms with Crippen LogP contribution in [0.5, 0.6) is 11.5 Å². The number of hydrogen-bond acceptors (Lipinski definition) is 4. The van der Waals surface area contributed by atoms with E-state index in [-0.39, 0.29) is 41.5 Å². The van der Waals surface area contributed by atoms with Gasteiger partial charge in [-0.3, -0.25) is 9.69 Å². The van der Waals surface area contributed by atoms with Gasteiger partial charge in [0.1, 0.15) is 0 Å². The number of nitrogens with zero attached hydrogens (tertiary/aromatic N) is 1. The van der Waals surface area contributed by atoms with Gasteiger partial charge in [-0.25, -0.2) is 0 Å². The summed E-state index contributed by atoms with van der Waals surface area (Å²) in [6.07, 6.45) is 1.78. The number of likely N-dealkylation sites (tertiary alicyclic amines) is 1. The van der Waals surface area contributed by atoms with Crippen molar-refractivity contribution in [2.75, 3.05) is 27.3 Å². The van der Waals surface area contributed by atoms with Gasteiger partial charge in [0.15, 0.2) is 17.3 Å². The Bertz CT molecular complexity index is 1050. The van der Waals surface area contributed by atoms with E-state index in [2.05, 4.69) is 0 Å². The number of fused-ring (bicyclic) bond motifs is 1. The summed E-state index contributed by atoms with van der Waals surface area (Å²) in [5.41, 5.74) is 1.11. The lowest BCUT2D eigenvalue weighted by Crippen LogP contribution is -2.34. The molecule has 1 atom stereocenters. The first-order valence-corrected chi connectivity index (χ1v) is 9.73. The van der Waals surface area contributed by atoms with Gasteiger partial charge >= 0.3 is 0 Å². The van der Waals surface area contributed by atoms with E-state index in [0.29, 0.717) is 43.5 Å². The maximum Gasteiger partial charge on any atom is 0.166 e. The van der Waals surface area contributed by atoms with Crippen LogP contribution in [0.1, 0.15) is 47.6 Å². The number of piperidine rings is 1. The lowest BCUT2D eigenvalue weighted by Gasteiger charge is -2.32. The van der Waals surface area contributed by atoms with Gasteiger partial charge in [-0.1, -0.05) is 30.3 Å². The highest BCUT2D eigenvalue weighted by Gasteiger charge is 2.34. The molecule has 0 saturated carbocycles. The van der Waals surface area contributed by atoms with Gasteiger partial charge < -0.3 is 9.47 Å². The normalized spacial score (nSPS) is 25.9. The predicted molar refractivity (Wildman–Crippen MR) is 110 cm³/mol. The summed E-state index contributed by atoms with van der Waals surface area (Å²) in [5.74, 6) is -1.60. The Hall–Kier alpha value is -2.33. The Morgan fingerprint density at radius 1 is 1.14 bits per heavy atom. The third kappa shape index (κ3) is 3.93. The molecule has 4 nitrogen and oxygen atoms in total. The molecule has 2 aromatic rings. The molecule has 0 aromatic heterocycles. The molecule has 1 aliphatic heterocycles. The number of carbonyl (C=O) groups excluding carboxylic acids is 1. The fraction of sp³-hybridized carbons (Fsp3) is 0.458. The lowest BCUT2D eigenvalue weighted by molar-refractivity contribution is 0.0895. The van der Waals surface area contributed by atoms with Crippen molar-refractivity contribution >= 4 is 5.78 Å². The molecule has 2 aliphatic rings. The largest absolute Gasteiger partial charge is 0.493 e. The predicted octanol–water partition coefficient (Wildman–Crippen LogP) is 4.36. The molecule has 1 saturated heterocycles. The zero-order valence-corrected chi connectivity index (χ0v) is 16.4. The topological polar surface area (TPSA) is 38.8 Å². The summed E-state index contributed by atoms with van der Waals surface area (Å²) < 4.78 is 53.5. The quantitative estimate of drug-likeness (QED) is 0.742. The average molecular weight is 385 g/mol. The van der Waals surface area contributed by atoms with E-state index in [4.69, 9.17) is 16.3 Å². The molecule has 0 bridgehead atoms. The minimum Gasteiger partial charge on any atom is -0.493 e. The second-order valence-electron chi connectivity index (χ2n) is 7.39. The van der Waals surface area contributed by atoms with Crippen molar-refractivity contribution in [1.29, 1.82) is 0 Å². The van der Waals surface area contributed by atoms with Crippen LogP contribution in [0, 0.1) is 11.8 Å². The molecule has 1 fully saturated rings. The van der Waals surface area contributed by atoms with Crippen molar-refractivity contribution in [3.05, 3.63) is 59.1 Å². The molecule has 1 unspecified atom stereocenters. The summed E-state index contributed by atoms with van der Waals surface area (Å²) >= 11 is 0. The van der Waals surface area contributed by atoms with E-state index < -0.39 is 18.2 Å². The number of ketones is 1. The van der Waals surface area contributed by atoms with Crippen LogP contribution in [0.4, 0.5) is 0 Å². The number of Topliss-reactive ketones (excluding diaryl/α,β-unsaturated/α-hetero) is 1. The number of benzene rings is 2. The fourth-order valence-corrected chi connectivity index (χ4v) is 4.04. The number of hydrogen-bond donors (Lipinski definition) is 0. The van der Waals surface area contributed by atoms with Crippen molar-refractivity contribution in [2.45, 2.75) is 32.2 Å². The van der Waals surface area contributed by atoms with E-state index in [1.807, 2.05) is 23.1 Å². The van der Waals surface area contributed by atoms with Crippen molar-refractivity contribution in [1.82, 2.24) is 4.90 Å². The third-order valence-electron chi connectivity index (χ3n) is 5.57. The molecule has 0 spiro atoms. The second kappa shape index (κ2) is 8.36. The molecule has 4 heteroatoms. The van der Waals surface area contributed by atoms with Gasteiger partial charge in [0.2, 0.25) is 0 Å². The van der Waals surface area contributed by atoms with Crippen molar-refractivity contribution in [3.8, 4) is 11.5 Å². The molecule has 1 aliphatic carbocycles. The first-order valence-electron chi connectivity index (χ1n) is 12.2. The average Bonchev–Trinajstić information content (AvgIpc) is 3.07. The van der Waals surface area contributed by atoms with Gasteiger partial charge in [0.25, 0.3) is 0 Å². The standard InChI is InChI=1S/C24H29NO3/c1-27-22-14-19-13-20(24(26)21(19)15-23(22)28-2)12-17-8-10-25(11-9-17)16-18-6-4-3-5-7-18/h3-7,14-15,17,20H,8-13,16H2,1-2H3/i14D,15D,16D2,20D. The van der Waals surface area contributed by atoms with Crippen LogP contribution >= 0.6 is 0 Å². The molecule has 0 N–H and O–H groups in total. The van der Waals surface area contributed by atoms with Crippen LogP contribution in [-0.2, 0) is 12.9 Å². The summed E-state index contributed by atoms with van der Waals surface area (Å²) in [7, 11) is 2.77. The van der Waals surface area contributed by atoms with Gasteiger partial charge in [0.05, 0.1) is 17.0 Å². The Morgan fingerprint density at radius 3 is 2.50 bits per heavy atom. The van der Waals surface area contributed by atoms with E-state index in [1.54, 1.807) is 12.1 Å². The van der Waals surface area contributed by atoms with Gasteiger partial charge in [0, 0.05) is 22.1 Å². The number of carbonyl (C=O) groups is 1. The summed E-state index contributed by atoms with van der Waals surface area (Å²) in [5, 5.41) is 0. The number of rotatable bonds is 6. The van der Waals surface area contributed by atoms with Crippen LogP contribution in [0.3, 0.4) is 0 Å². The summed E-state index contributed by atoms with van der Waals surface area (Å²) in [4.78, 5) is 15.1. The Balaban J connectivity index is 1.50. The number of ether oxygens (including phenoxy) is 2.